The second-order valence-electron chi connectivity index (χ2n) is 4.87. The smallest absolute Gasteiger partial charge is 0.337 e. The molecule has 0 radical (unpaired) electrons. The van der Waals surface area contributed by atoms with Crippen LogP contribution in [0.15, 0.2) is 48.5 Å². The Balaban J connectivity index is 2.13. The summed E-state index contributed by atoms with van der Waals surface area (Å²) in [6.07, 6.45) is -4.42. The van der Waals surface area contributed by atoms with Gasteiger partial charge in [-0.1, -0.05) is 12.1 Å². The molecule has 0 unspecified atom stereocenters. The quantitative estimate of drug-likeness (QED) is 0.781. The molecule has 0 spiro atoms. The maximum absolute atomic E-state index is 12.8. The predicted octanol–water partition coefficient (Wildman–Crippen LogP) is 4.12. The molecule has 0 aliphatic carbocycles. The van der Waals surface area contributed by atoms with Crippen molar-refractivity contribution < 1.29 is 22.4 Å². The highest BCUT2D eigenvalue weighted by atomic mass is 19.4. The number of rotatable bonds is 3. The molecular formula is C16H13F4NO. The standard InChI is InChI=1S/C16H13F4NO/c1-21(15(22)12-5-7-14(17)8-6-12)10-11-3-2-4-13(9-11)16(18,19)20/h2-9H,10H2,1H3. The summed E-state index contributed by atoms with van der Waals surface area (Å²) in [4.78, 5) is 13.4. The van der Waals surface area contributed by atoms with Crippen molar-refractivity contribution in [1.29, 1.82) is 0 Å². The Hall–Kier alpha value is -2.37. The molecule has 0 atom stereocenters. The van der Waals surface area contributed by atoms with E-state index in [4.69, 9.17) is 0 Å². The van der Waals surface area contributed by atoms with E-state index in [1.165, 1.54) is 36.2 Å². The Kier molecular flexibility index (Phi) is 4.49. The summed E-state index contributed by atoms with van der Waals surface area (Å²) >= 11 is 0. The van der Waals surface area contributed by atoms with Crippen LogP contribution in [-0.4, -0.2) is 17.9 Å². The fourth-order valence-electron chi connectivity index (χ4n) is 2.00. The Bertz CT molecular complexity index is 665. The summed E-state index contributed by atoms with van der Waals surface area (Å²) in [5.74, 6) is -0.852. The molecule has 116 valence electrons. The third kappa shape index (κ3) is 3.84. The van der Waals surface area contributed by atoms with Gasteiger partial charge in [-0.2, -0.15) is 13.2 Å². The summed E-state index contributed by atoms with van der Waals surface area (Å²) in [7, 11) is 1.48. The molecule has 0 aliphatic heterocycles. The molecule has 0 heterocycles. The number of nitrogens with zero attached hydrogens (tertiary/aromatic N) is 1. The van der Waals surface area contributed by atoms with E-state index in [1.54, 1.807) is 0 Å². The predicted molar refractivity (Wildman–Crippen MR) is 73.6 cm³/mol. The van der Waals surface area contributed by atoms with E-state index in [-0.39, 0.29) is 12.1 Å². The first-order chi connectivity index (χ1) is 10.3. The number of benzene rings is 2. The summed E-state index contributed by atoms with van der Waals surface area (Å²) in [5, 5.41) is 0. The lowest BCUT2D eigenvalue weighted by Crippen LogP contribution is -2.26. The highest BCUT2D eigenvalue weighted by Crippen LogP contribution is 2.29. The van der Waals surface area contributed by atoms with Crippen LogP contribution >= 0.6 is 0 Å². The number of carbonyl (C=O) groups excluding carboxylic acids is 1. The van der Waals surface area contributed by atoms with Gasteiger partial charge < -0.3 is 4.90 Å². The van der Waals surface area contributed by atoms with Crippen molar-refractivity contribution in [2.75, 3.05) is 7.05 Å². The maximum atomic E-state index is 12.8. The van der Waals surface area contributed by atoms with Crippen molar-refractivity contribution in [2.45, 2.75) is 12.7 Å². The minimum absolute atomic E-state index is 0.0279. The fourth-order valence-corrected chi connectivity index (χ4v) is 2.00. The summed E-state index contributed by atoms with van der Waals surface area (Å²) in [5.41, 5.74) is -0.115. The zero-order valence-electron chi connectivity index (χ0n) is 11.7. The van der Waals surface area contributed by atoms with Gasteiger partial charge in [0.1, 0.15) is 5.82 Å². The second-order valence-corrected chi connectivity index (χ2v) is 4.87. The van der Waals surface area contributed by atoms with Gasteiger partial charge in [-0.15, -0.1) is 0 Å². The van der Waals surface area contributed by atoms with E-state index in [0.717, 1.165) is 24.3 Å². The van der Waals surface area contributed by atoms with Crippen LogP contribution < -0.4 is 0 Å². The molecule has 0 fully saturated rings. The zero-order chi connectivity index (χ0) is 16.3. The van der Waals surface area contributed by atoms with Crippen LogP contribution in [-0.2, 0) is 12.7 Å². The van der Waals surface area contributed by atoms with Crippen LogP contribution in [0.1, 0.15) is 21.5 Å². The van der Waals surface area contributed by atoms with Crippen molar-refractivity contribution in [3.8, 4) is 0 Å². The van der Waals surface area contributed by atoms with E-state index in [0.29, 0.717) is 5.56 Å². The van der Waals surface area contributed by atoms with Crippen molar-refractivity contribution in [1.82, 2.24) is 4.90 Å². The lowest BCUT2D eigenvalue weighted by Gasteiger charge is -2.18. The third-order valence-electron chi connectivity index (χ3n) is 3.11. The molecule has 2 aromatic carbocycles. The van der Waals surface area contributed by atoms with Crippen molar-refractivity contribution in [3.63, 3.8) is 0 Å². The largest absolute Gasteiger partial charge is 0.416 e. The van der Waals surface area contributed by atoms with Gasteiger partial charge in [0, 0.05) is 19.2 Å². The van der Waals surface area contributed by atoms with E-state index in [2.05, 4.69) is 0 Å². The third-order valence-corrected chi connectivity index (χ3v) is 3.11. The molecule has 6 heteroatoms. The zero-order valence-corrected chi connectivity index (χ0v) is 11.7. The monoisotopic (exact) mass is 311 g/mol. The first-order valence-corrected chi connectivity index (χ1v) is 6.44. The molecule has 1 amide bonds. The maximum Gasteiger partial charge on any atom is 0.416 e. The topological polar surface area (TPSA) is 20.3 Å². The number of carbonyl (C=O) groups is 1. The molecule has 22 heavy (non-hydrogen) atoms. The van der Waals surface area contributed by atoms with Crippen LogP contribution in [0.5, 0.6) is 0 Å². The number of alkyl halides is 3. The molecule has 0 saturated heterocycles. The average Bonchev–Trinajstić information content (AvgIpc) is 2.46. The summed E-state index contributed by atoms with van der Waals surface area (Å²) in [6.45, 7) is 0.0279. The van der Waals surface area contributed by atoms with E-state index in [9.17, 15) is 22.4 Å². The summed E-state index contributed by atoms with van der Waals surface area (Å²) in [6, 6.07) is 9.79. The van der Waals surface area contributed by atoms with Gasteiger partial charge >= 0.3 is 6.18 Å². The Morgan fingerprint density at radius 3 is 2.32 bits per heavy atom. The second kappa shape index (κ2) is 6.17. The molecular weight excluding hydrogens is 298 g/mol. The van der Waals surface area contributed by atoms with Crippen molar-refractivity contribution in [2.24, 2.45) is 0 Å². The number of hydrogen-bond acceptors (Lipinski definition) is 1. The molecule has 0 N–H and O–H groups in total. The Morgan fingerprint density at radius 1 is 1.09 bits per heavy atom. The number of halogens is 4. The van der Waals surface area contributed by atoms with Crippen molar-refractivity contribution in [3.05, 3.63) is 71.0 Å². The van der Waals surface area contributed by atoms with Gasteiger partial charge in [-0.25, -0.2) is 4.39 Å². The lowest BCUT2D eigenvalue weighted by atomic mass is 10.1. The highest BCUT2D eigenvalue weighted by molar-refractivity contribution is 5.93. The van der Waals surface area contributed by atoms with Gasteiger partial charge in [0.25, 0.3) is 5.91 Å². The summed E-state index contributed by atoms with van der Waals surface area (Å²) < 4.78 is 50.8. The molecule has 2 aromatic rings. The first kappa shape index (κ1) is 16.0. The Morgan fingerprint density at radius 2 is 1.73 bits per heavy atom. The van der Waals surface area contributed by atoms with Crippen LogP contribution in [0.25, 0.3) is 0 Å². The average molecular weight is 311 g/mol. The highest BCUT2D eigenvalue weighted by Gasteiger charge is 2.30. The van der Waals surface area contributed by atoms with Gasteiger partial charge in [0.2, 0.25) is 0 Å². The van der Waals surface area contributed by atoms with Gasteiger partial charge in [0.15, 0.2) is 0 Å². The van der Waals surface area contributed by atoms with Crippen LogP contribution in [0.4, 0.5) is 17.6 Å². The van der Waals surface area contributed by atoms with Gasteiger partial charge in [-0.3, -0.25) is 4.79 Å². The van der Waals surface area contributed by atoms with E-state index >= 15 is 0 Å². The van der Waals surface area contributed by atoms with Gasteiger partial charge in [0.05, 0.1) is 5.56 Å². The van der Waals surface area contributed by atoms with Crippen LogP contribution in [0, 0.1) is 5.82 Å². The fraction of sp³-hybridized carbons (Fsp3) is 0.188. The number of hydrogen-bond donors (Lipinski definition) is 0. The van der Waals surface area contributed by atoms with Crippen LogP contribution in [0.3, 0.4) is 0 Å². The SMILES string of the molecule is CN(Cc1cccc(C(F)(F)F)c1)C(=O)c1ccc(F)cc1. The van der Waals surface area contributed by atoms with Crippen molar-refractivity contribution >= 4 is 5.91 Å². The van der Waals surface area contributed by atoms with E-state index in [1.807, 2.05) is 0 Å². The molecule has 0 aromatic heterocycles. The first-order valence-electron chi connectivity index (χ1n) is 6.44. The molecule has 2 nitrogen and oxygen atoms in total. The normalized spacial score (nSPS) is 11.3. The lowest BCUT2D eigenvalue weighted by molar-refractivity contribution is -0.137. The molecule has 0 aliphatic rings. The van der Waals surface area contributed by atoms with E-state index < -0.39 is 23.5 Å². The molecule has 0 saturated carbocycles. The molecule has 2 rings (SSSR count). The van der Waals surface area contributed by atoms with Crippen LogP contribution in [0.2, 0.25) is 0 Å². The minimum Gasteiger partial charge on any atom is -0.337 e. The van der Waals surface area contributed by atoms with Gasteiger partial charge in [-0.05, 0) is 42.0 Å². The Labute approximate surface area is 125 Å². The number of amides is 1. The minimum atomic E-state index is -4.42. The molecule has 0 bridgehead atoms.